The molecular weight excluding hydrogens is 420 g/mol. The number of carbonyl (C=O) groups is 6. The second-order valence-corrected chi connectivity index (χ2v) is 7.28. The number of hydrogen-bond acceptors (Lipinski definition) is 8. The summed E-state index contributed by atoms with van der Waals surface area (Å²) in [5.41, 5.74) is 15.8. The van der Waals surface area contributed by atoms with E-state index in [1.807, 2.05) is 0 Å². The van der Waals surface area contributed by atoms with Crippen LogP contribution in [0, 0.1) is 0 Å². The van der Waals surface area contributed by atoms with Crippen LogP contribution in [0.25, 0.3) is 0 Å². The van der Waals surface area contributed by atoms with E-state index in [-0.39, 0.29) is 19.3 Å². The van der Waals surface area contributed by atoms with Crippen molar-refractivity contribution in [2.24, 2.45) is 17.2 Å². The molecule has 0 bridgehead atoms. The Morgan fingerprint density at radius 1 is 0.900 bits per heavy atom. The first-order valence-corrected chi connectivity index (χ1v) is 10.3. The Balaban J connectivity index is 5.19. The smallest absolute Gasteiger partial charge is 0.322 e. The highest BCUT2D eigenvalue weighted by Gasteiger charge is 2.29. The minimum atomic E-state index is -1.42. The van der Waals surface area contributed by atoms with Crippen LogP contribution in [0.4, 0.5) is 0 Å². The third kappa shape index (κ3) is 11.9. The van der Waals surface area contributed by atoms with Crippen molar-refractivity contribution in [1.29, 1.82) is 0 Å². The molecule has 0 rings (SSSR count). The van der Waals surface area contributed by atoms with E-state index in [0.29, 0.717) is 5.75 Å². The van der Waals surface area contributed by atoms with Crippen LogP contribution < -0.4 is 33.2 Å². The number of carbonyl (C=O) groups excluding carboxylic acids is 5. The lowest BCUT2D eigenvalue weighted by Gasteiger charge is -2.23. The number of amides is 5. The van der Waals surface area contributed by atoms with Crippen molar-refractivity contribution >= 4 is 47.3 Å². The second kappa shape index (κ2) is 14.2. The molecule has 0 aliphatic carbocycles. The molecule has 0 saturated heterocycles. The topological polar surface area (TPSA) is 237 Å². The molecule has 0 aliphatic heterocycles. The summed E-state index contributed by atoms with van der Waals surface area (Å²) in [6.45, 7) is -0.638. The Kier molecular flexibility index (Phi) is 12.8. The highest BCUT2D eigenvalue weighted by Crippen LogP contribution is 2.04. The molecule has 0 saturated carbocycles. The molecule has 13 nitrogen and oxygen atoms in total. The Labute approximate surface area is 177 Å². The molecule has 3 atom stereocenters. The average Bonchev–Trinajstić information content (AvgIpc) is 2.65. The molecule has 0 fully saturated rings. The van der Waals surface area contributed by atoms with Gasteiger partial charge in [-0.1, -0.05) is 0 Å². The molecule has 0 aromatic heterocycles. The van der Waals surface area contributed by atoms with Crippen LogP contribution in [-0.4, -0.2) is 77.3 Å². The van der Waals surface area contributed by atoms with Gasteiger partial charge >= 0.3 is 5.97 Å². The number of nitrogens with two attached hydrogens (primary N) is 3. The predicted octanol–water partition coefficient (Wildman–Crippen LogP) is -3.62. The van der Waals surface area contributed by atoms with Crippen LogP contribution in [0.15, 0.2) is 0 Å². The van der Waals surface area contributed by atoms with Gasteiger partial charge in [0.15, 0.2) is 0 Å². The molecule has 3 unspecified atom stereocenters. The van der Waals surface area contributed by atoms with Gasteiger partial charge in [-0.2, -0.15) is 11.8 Å². The van der Waals surface area contributed by atoms with Crippen LogP contribution in [0.3, 0.4) is 0 Å². The van der Waals surface area contributed by atoms with Crippen LogP contribution >= 0.6 is 11.8 Å². The van der Waals surface area contributed by atoms with E-state index in [2.05, 4.69) is 16.0 Å². The van der Waals surface area contributed by atoms with Crippen molar-refractivity contribution in [2.45, 2.75) is 43.8 Å². The summed E-state index contributed by atoms with van der Waals surface area (Å²) in [7, 11) is 0. The van der Waals surface area contributed by atoms with E-state index in [9.17, 15) is 28.8 Å². The number of rotatable bonds is 15. The van der Waals surface area contributed by atoms with E-state index < -0.39 is 66.6 Å². The van der Waals surface area contributed by atoms with Crippen molar-refractivity contribution in [2.75, 3.05) is 18.6 Å². The molecule has 0 radical (unpaired) electrons. The molecular formula is C16H28N6O7S. The standard InChI is InChI=1S/C16H28N6O7S/c1-30-5-4-9(15(28)20-7-13(25)26)21-16(29)10(6-12(19)24)22-14(27)8(17)2-3-11(18)23/h8-10H,2-7,17H2,1H3,(H2,18,23)(H2,19,24)(H,20,28)(H,21,29)(H,22,27)(H,25,26). The normalized spacial score (nSPS) is 13.4. The summed E-state index contributed by atoms with van der Waals surface area (Å²) in [5.74, 6) is -4.76. The first kappa shape index (κ1) is 27.1. The lowest BCUT2D eigenvalue weighted by atomic mass is 10.1. The Morgan fingerprint density at radius 2 is 1.50 bits per heavy atom. The van der Waals surface area contributed by atoms with Gasteiger partial charge in [-0.05, 0) is 24.9 Å². The molecule has 10 N–H and O–H groups in total. The monoisotopic (exact) mass is 448 g/mol. The first-order valence-electron chi connectivity index (χ1n) is 8.89. The quantitative estimate of drug-likeness (QED) is 0.131. The van der Waals surface area contributed by atoms with Gasteiger partial charge in [-0.15, -0.1) is 0 Å². The summed E-state index contributed by atoms with van der Waals surface area (Å²) in [6.07, 6.45) is 1.17. The first-order chi connectivity index (χ1) is 14.0. The summed E-state index contributed by atoms with van der Waals surface area (Å²) >= 11 is 1.39. The van der Waals surface area contributed by atoms with Crippen molar-refractivity contribution in [1.82, 2.24) is 16.0 Å². The second-order valence-electron chi connectivity index (χ2n) is 6.30. The third-order valence-corrected chi connectivity index (χ3v) is 4.38. The lowest BCUT2D eigenvalue weighted by molar-refractivity contribution is -0.138. The Bertz CT molecular complexity index is 660. The Hall–Kier alpha value is -2.87. The molecule has 0 heterocycles. The van der Waals surface area contributed by atoms with E-state index in [1.165, 1.54) is 11.8 Å². The van der Waals surface area contributed by atoms with Gasteiger partial charge in [0.2, 0.25) is 29.5 Å². The van der Waals surface area contributed by atoms with E-state index in [1.54, 1.807) is 6.26 Å². The minimum absolute atomic E-state index is 0.0694. The largest absolute Gasteiger partial charge is 0.480 e. The van der Waals surface area contributed by atoms with E-state index in [4.69, 9.17) is 22.3 Å². The minimum Gasteiger partial charge on any atom is -0.480 e. The number of primary amides is 2. The number of carboxylic acids is 1. The molecule has 170 valence electrons. The zero-order valence-corrected chi connectivity index (χ0v) is 17.3. The fourth-order valence-corrected chi connectivity index (χ4v) is 2.65. The van der Waals surface area contributed by atoms with Gasteiger partial charge in [0.1, 0.15) is 18.6 Å². The Morgan fingerprint density at radius 3 is 2.00 bits per heavy atom. The number of hydrogen-bond donors (Lipinski definition) is 7. The van der Waals surface area contributed by atoms with Gasteiger partial charge in [-0.3, -0.25) is 28.8 Å². The van der Waals surface area contributed by atoms with Gasteiger partial charge in [-0.25, -0.2) is 0 Å². The zero-order valence-electron chi connectivity index (χ0n) is 16.5. The fourth-order valence-electron chi connectivity index (χ4n) is 2.18. The fraction of sp³-hybridized carbons (Fsp3) is 0.625. The van der Waals surface area contributed by atoms with Crippen molar-refractivity contribution in [3.63, 3.8) is 0 Å². The zero-order chi connectivity index (χ0) is 23.3. The van der Waals surface area contributed by atoms with Crippen LogP contribution in [0.1, 0.15) is 25.7 Å². The van der Waals surface area contributed by atoms with Gasteiger partial charge < -0.3 is 38.3 Å². The highest BCUT2D eigenvalue weighted by atomic mass is 32.2. The van der Waals surface area contributed by atoms with Crippen molar-refractivity contribution < 1.29 is 33.9 Å². The van der Waals surface area contributed by atoms with Gasteiger partial charge in [0.25, 0.3) is 0 Å². The van der Waals surface area contributed by atoms with E-state index >= 15 is 0 Å². The maximum atomic E-state index is 12.6. The molecule has 0 spiro atoms. The summed E-state index contributed by atoms with van der Waals surface area (Å²) in [6, 6.07) is -3.68. The van der Waals surface area contributed by atoms with Crippen LogP contribution in [-0.2, 0) is 28.8 Å². The lowest BCUT2D eigenvalue weighted by Crippen LogP contribution is -2.57. The van der Waals surface area contributed by atoms with Crippen molar-refractivity contribution in [3.05, 3.63) is 0 Å². The number of aliphatic carboxylic acids is 1. The van der Waals surface area contributed by atoms with Gasteiger partial charge in [0, 0.05) is 6.42 Å². The molecule has 5 amide bonds. The maximum Gasteiger partial charge on any atom is 0.322 e. The molecule has 14 heteroatoms. The summed E-state index contributed by atoms with van der Waals surface area (Å²) < 4.78 is 0. The summed E-state index contributed by atoms with van der Waals surface area (Å²) in [5, 5.41) is 15.5. The molecule has 0 aromatic rings. The van der Waals surface area contributed by atoms with Crippen LogP contribution in [0.5, 0.6) is 0 Å². The molecule has 30 heavy (non-hydrogen) atoms. The number of carboxylic acid groups (broad SMARTS) is 1. The number of thioether (sulfide) groups is 1. The molecule has 0 aromatic carbocycles. The maximum absolute atomic E-state index is 12.6. The average molecular weight is 449 g/mol. The SMILES string of the molecule is CSCCC(NC(=O)C(CC(N)=O)NC(=O)C(N)CCC(N)=O)C(=O)NCC(=O)O. The van der Waals surface area contributed by atoms with Gasteiger partial charge in [0.05, 0.1) is 12.5 Å². The highest BCUT2D eigenvalue weighted by molar-refractivity contribution is 7.98. The summed E-state index contributed by atoms with van der Waals surface area (Å²) in [4.78, 5) is 69.6. The third-order valence-electron chi connectivity index (χ3n) is 3.73. The molecule has 0 aliphatic rings. The van der Waals surface area contributed by atoms with E-state index in [0.717, 1.165) is 0 Å². The number of nitrogens with one attached hydrogen (secondary N) is 3. The van der Waals surface area contributed by atoms with Crippen LogP contribution in [0.2, 0.25) is 0 Å². The van der Waals surface area contributed by atoms with Crippen molar-refractivity contribution in [3.8, 4) is 0 Å². The predicted molar refractivity (Wildman–Crippen MR) is 108 cm³/mol.